The highest BCUT2D eigenvalue weighted by Gasteiger charge is 2.48. The zero-order valence-electron chi connectivity index (χ0n) is 28.3. The van der Waals surface area contributed by atoms with Crippen molar-refractivity contribution >= 4 is 0 Å². The molecule has 0 spiro atoms. The summed E-state index contributed by atoms with van der Waals surface area (Å²) in [5.41, 5.74) is 0. The average molecular weight is 629 g/mol. The van der Waals surface area contributed by atoms with E-state index < -0.39 is 12.2 Å². The molecular formula is C36H68O8. The average Bonchev–Trinajstić information content (AvgIpc) is 3.81. The van der Waals surface area contributed by atoms with Crippen LogP contribution in [-0.4, -0.2) is 98.7 Å². The lowest BCUT2D eigenvalue weighted by Gasteiger charge is -2.16. The first-order valence-corrected chi connectivity index (χ1v) is 18.7. The van der Waals surface area contributed by atoms with Crippen LogP contribution in [0.1, 0.15) is 142 Å². The van der Waals surface area contributed by atoms with Gasteiger partial charge in [0.05, 0.1) is 26.4 Å². The van der Waals surface area contributed by atoms with E-state index in [9.17, 15) is 10.2 Å². The zero-order valence-corrected chi connectivity index (χ0v) is 28.3. The van der Waals surface area contributed by atoms with Crippen LogP contribution in [0.25, 0.3) is 0 Å². The summed E-state index contributed by atoms with van der Waals surface area (Å²) >= 11 is 0. The van der Waals surface area contributed by atoms with Crippen molar-refractivity contribution in [2.24, 2.45) is 0 Å². The number of aliphatic hydroxyl groups excluding tert-OH is 2. The molecule has 0 radical (unpaired) electrons. The topological polar surface area (TPSA) is 95.8 Å². The van der Waals surface area contributed by atoms with Crippen molar-refractivity contribution in [3.63, 3.8) is 0 Å². The van der Waals surface area contributed by atoms with E-state index in [4.69, 9.17) is 28.4 Å². The van der Waals surface area contributed by atoms with Crippen LogP contribution in [0.3, 0.4) is 0 Å². The van der Waals surface area contributed by atoms with Crippen LogP contribution in [0.4, 0.5) is 0 Å². The molecular weight excluding hydrogens is 560 g/mol. The molecule has 4 fully saturated rings. The van der Waals surface area contributed by atoms with E-state index in [-0.39, 0.29) is 36.6 Å². The van der Waals surface area contributed by atoms with Crippen LogP contribution in [0.15, 0.2) is 0 Å². The summed E-state index contributed by atoms with van der Waals surface area (Å²) in [6.45, 7) is 7.98. The second kappa shape index (κ2) is 23.9. The molecule has 2 N–H and O–H groups in total. The molecule has 0 unspecified atom stereocenters. The van der Waals surface area contributed by atoms with E-state index in [0.29, 0.717) is 26.4 Å². The highest BCUT2D eigenvalue weighted by Crippen LogP contribution is 2.30. The molecule has 4 heterocycles. The van der Waals surface area contributed by atoms with Crippen molar-refractivity contribution in [3.05, 3.63) is 0 Å². The third kappa shape index (κ3) is 14.2. The van der Waals surface area contributed by atoms with Gasteiger partial charge < -0.3 is 38.6 Å². The van der Waals surface area contributed by atoms with E-state index in [1.54, 1.807) is 0 Å². The molecule has 4 rings (SSSR count). The molecule has 0 aromatic heterocycles. The largest absolute Gasteiger partial charge is 0.388 e. The molecule has 0 bridgehead atoms. The van der Waals surface area contributed by atoms with Crippen LogP contribution in [0, 0.1) is 0 Å². The van der Waals surface area contributed by atoms with E-state index in [1.807, 2.05) is 0 Å². The third-order valence-electron chi connectivity index (χ3n) is 9.62. The lowest BCUT2D eigenvalue weighted by atomic mass is 10.1. The monoisotopic (exact) mass is 628 g/mol. The van der Waals surface area contributed by atoms with E-state index in [2.05, 4.69) is 13.8 Å². The molecule has 4 saturated heterocycles. The maximum atomic E-state index is 9.67. The summed E-state index contributed by atoms with van der Waals surface area (Å²) in [7, 11) is 0. The number of ether oxygens (including phenoxy) is 6. The van der Waals surface area contributed by atoms with Gasteiger partial charge in [0.15, 0.2) is 0 Å². The van der Waals surface area contributed by atoms with Gasteiger partial charge in [0, 0.05) is 13.2 Å². The van der Waals surface area contributed by atoms with Crippen LogP contribution in [0.2, 0.25) is 0 Å². The second-order valence-electron chi connectivity index (χ2n) is 13.5. The van der Waals surface area contributed by atoms with Crippen molar-refractivity contribution in [2.75, 3.05) is 39.6 Å². The lowest BCUT2D eigenvalue weighted by Crippen LogP contribution is -2.33. The van der Waals surface area contributed by atoms with Crippen molar-refractivity contribution in [3.8, 4) is 0 Å². The van der Waals surface area contributed by atoms with Gasteiger partial charge in [0.2, 0.25) is 0 Å². The zero-order chi connectivity index (χ0) is 31.2. The normalized spacial score (nSPS) is 30.8. The Balaban J connectivity index is 0.000000240. The minimum Gasteiger partial charge on any atom is -0.388 e. The smallest absolute Gasteiger partial charge is 0.115 e. The van der Waals surface area contributed by atoms with Gasteiger partial charge in [-0.15, -0.1) is 0 Å². The molecule has 4 aliphatic heterocycles. The number of aliphatic hydroxyl groups is 2. The summed E-state index contributed by atoms with van der Waals surface area (Å²) in [5.74, 6) is 0. The van der Waals surface area contributed by atoms with E-state index in [0.717, 1.165) is 26.1 Å². The minimum atomic E-state index is -0.476. The molecule has 8 heteroatoms. The molecule has 0 saturated carbocycles. The Morgan fingerprint density at radius 1 is 0.409 bits per heavy atom. The summed E-state index contributed by atoms with van der Waals surface area (Å²) in [5, 5.41) is 19.3. The van der Waals surface area contributed by atoms with Gasteiger partial charge in [-0.2, -0.15) is 0 Å². The van der Waals surface area contributed by atoms with Crippen LogP contribution in [-0.2, 0) is 28.4 Å². The number of fused-ring (bicyclic) bond motifs is 2. The molecule has 0 aliphatic carbocycles. The summed E-state index contributed by atoms with van der Waals surface area (Å²) in [6.07, 6.45) is 25.4. The van der Waals surface area contributed by atoms with E-state index in [1.165, 1.54) is 116 Å². The van der Waals surface area contributed by atoms with Gasteiger partial charge in [-0.25, -0.2) is 0 Å². The standard InChI is InChI=1S/2C18H34O4/c2*1-2-3-4-5-6-7-8-9-10-11-12-20-16-14-22-17-15(19)13-21-18(16)17/h2*15-19H,2-14H2,1H3/t15-,16+,17+,18+;15-,16+,17-,18-/m01/s1. The Bertz CT molecular complexity index is 625. The van der Waals surface area contributed by atoms with Crippen LogP contribution < -0.4 is 0 Å². The first-order chi connectivity index (χ1) is 21.7. The molecule has 44 heavy (non-hydrogen) atoms. The first-order valence-electron chi connectivity index (χ1n) is 18.7. The molecule has 260 valence electrons. The van der Waals surface area contributed by atoms with Crippen molar-refractivity contribution in [2.45, 2.75) is 191 Å². The summed E-state index contributed by atoms with van der Waals surface area (Å²) < 4.78 is 34.0. The highest BCUT2D eigenvalue weighted by molar-refractivity contribution is 4.95. The van der Waals surface area contributed by atoms with Gasteiger partial charge >= 0.3 is 0 Å². The molecule has 8 atom stereocenters. The van der Waals surface area contributed by atoms with Gasteiger partial charge in [0.1, 0.15) is 48.8 Å². The highest BCUT2D eigenvalue weighted by atomic mass is 16.6. The minimum absolute atomic E-state index is 0.0146. The Labute approximate surface area is 269 Å². The maximum Gasteiger partial charge on any atom is 0.115 e. The van der Waals surface area contributed by atoms with E-state index >= 15 is 0 Å². The predicted molar refractivity (Wildman–Crippen MR) is 174 cm³/mol. The van der Waals surface area contributed by atoms with Gasteiger partial charge in [0.25, 0.3) is 0 Å². The van der Waals surface area contributed by atoms with Gasteiger partial charge in [-0.05, 0) is 12.8 Å². The summed E-state index contributed by atoms with van der Waals surface area (Å²) in [6, 6.07) is 0. The molecule has 0 aromatic carbocycles. The fraction of sp³-hybridized carbons (Fsp3) is 1.00. The number of hydrogen-bond acceptors (Lipinski definition) is 8. The van der Waals surface area contributed by atoms with Crippen LogP contribution >= 0.6 is 0 Å². The number of unbranched alkanes of at least 4 members (excludes halogenated alkanes) is 18. The SMILES string of the molecule is CCCCCCCCCCCCO[C@@H]1CO[C@H]2[C@@H]1OC[C@@H]2O.CCCCCCCCCCCCO[C@H]1CO[C@H]2[C@@H]1OC[C@H]2O. The number of hydrogen-bond donors (Lipinski definition) is 2. The Morgan fingerprint density at radius 2 is 0.705 bits per heavy atom. The number of rotatable bonds is 24. The lowest BCUT2D eigenvalue weighted by molar-refractivity contribution is -0.0378. The van der Waals surface area contributed by atoms with Crippen molar-refractivity contribution in [1.82, 2.24) is 0 Å². The Kier molecular flexibility index (Phi) is 20.7. The predicted octanol–water partition coefficient (Wildman–Crippen LogP) is 6.90. The second-order valence-corrected chi connectivity index (χ2v) is 13.5. The first kappa shape index (κ1) is 38.1. The summed E-state index contributed by atoms with van der Waals surface area (Å²) in [4.78, 5) is 0. The molecule has 0 aromatic rings. The van der Waals surface area contributed by atoms with Crippen molar-refractivity contribution < 1.29 is 38.6 Å². The van der Waals surface area contributed by atoms with Crippen molar-refractivity contribution in [1.29, 1.82) is 0 Å². The molecule has 4 aliphatic rings. The van der Waals surface area contributed by atoms with Gasteiger partial charge in [-0.1, -0.05) is 129 Å². The van der Waals surface area contributed by atoms with Gasteiger partial charge in [-0.3, -0.25) is 0 Å². The van der Waals surface area contributed by atoms with Crippen LogP contribution in [0.5, 0.6) is 0 Å². The maximum absolute atomic E-state index is 9.67. The molecule has 8 nitrogen and oxygen atoms in total. The Morgan fingerprint density at radius 3 is 1.05 bits per heavy atom. The third-order valence-corrected chi connectivity index (χ3v) is 9.62. The fourth-order valence-corrected chi connectivity index (χ4v) is 6.82. The molecule has 0 amide bonds. The quantitative estimate of drug-likeness (QED) is 0.112. The fourth-order valence-electron chi connectivity index (χ4n) is 6.82. The Hall–Kier alpha value is -0.320.